The van der Waals surface area contributed by atoms with Crippen LogP contribution < -0.4 is 10.5 Å². The molecular formula is C14H17ClN2O2S2. The highest BCUT2D eigenvalue weighted by molar-refractivity contribution is 7.89. The van der Waals surface area contributed by atoms with Crippen LogP contribution in [0.25, 0.3) is 0 Å². The predicted octanol–water partition coefficient (Wildman–Crippen LogP) is 3.66. The van der Waals surface area contributed by atoms with Crippen molar-refractivity contribution < 1.29 is 8.42 Å². The average molecular weight is 345 g/mol. The van der Waals surface area contributed by atoms with Crippen LogP contribution >= 0.6 is 22.9 Å². The second-order valence-electron chi connectivity index (χ2n) is 5.04. The van der Waals surface area contributed by atoms with Gasteiger partial charge in [0, 0.05) is 9.90 Å². The first-order valence-electron chi connectivity index (χ1n) is 6.42. The molecule has 0 saturated heterocycles. The van der Waals surface area contributed by atoms with Gasteiger partial charge in [-0.25, -0.2) is 13.1 Å². The van der Waals surface area contributed by atoms with Gasteiger partial charge in [0.2, 0.25) is 10.0 Å². The summed E-state index contributed by atoms with van der Waals surface area (Å²) >= 11 is 7.39. The van der Waals surface area contributed by atoms with Crippen molar-refractivity contribution in [2.45, 2.75) is 24.8 Å². The molecule has 0 aliphatic heterocycles. The van der Waals surface area contributed by atoms with Crippen LogP contribution in [0.1, 0.15) is 24.8 Å². The molecule has 114 valence electrons. The lowest BCUT2D eigenvalue weighted by Gasteiger charge is -2.21. The summed E-state index contributed by atoms with van der Waals surface area (Å²) in [7, 11) is -3.74. The SMILES string of the molecule is CC(C)C(NS(=O)(=O)c1cc(Cl)ccc1N)c1cccs1. The molecule has 2 aromatic rings. The largest absolute Gasteiger partial charge is 0.398 e. The topological polar surface area (TPSA) is 72.2 Å². The molecule has 0 bridgehead atoms. The van der Waals surface area contributed by atoms with Crippen LogP contribution in [0.3, 0.4) is 0 Å². The second-order valence-corrected chi connectivity index (χ2v) is 8.14. The Kier molecular flexibility index (Phi) is 4.93. The Balaban J connectivity index is 2.37. The number of sulfonamides is 1. The van der Waals surface area contributed by atoms with Crippen molar-refractivity contribution in [3.63, 3.8) is 0 Å². The number of halogens is 1. The maximum Gasteiger partial charge on any atom is 0.243 e. The number of nitrogen functional groups attached to an aromatic ring is 1. The summed E-state index contributed by atoms with van der Waals surface area (Å²) in [5.74, 6) is 0.110. The molecular weight excluding hydrogens is 328 g/mol. The fraction of sp³-hybridized carbons (Fsp3) is 0.286. The summed E-state index contributed by atoms with van der Waals surface area (Å²) in [4.78, 5) is 0.978. The van der Waals surface area contributed by atoms with E-state index >= 15 is 0 Å². The number of rotatable bonds is 5. The third-order valence-corrected chi connectivity index (χ3v) is 5.75. The van der Waals surface area contributed by atoms with Crippen LogP contribution in [-0.2, 0) is 10.0 Å². The molecule has 0 aliphatic rings. The minimum atomic E-state index is -3.74. The molecule has 0 amide bonds. The van der Waals surface area contributed by atoms with Gasteiger partial charge in [-0.1, -0.05) is 31.5 Å². The first-order valence-corrected chi connectivity index (χ1v) is 9.16. The van der Waals surface area contributed by atoms with Crippen molar-refractivity contribution in [1.29, 1.82) is 0 Å². The van der Waals surface area contributed by atoms with Crippen LogP contribution in [-0.4, -0.2) is 8.42 Å². The number of thiophene rings is 1. The van der Waals surface area contributed by atoms with Gasteiger partial charge in [-0.2, -0.15) is 0 Å². The summed E-state index contributed by atoms with van der Waals surface area (Å²) in [5, 5.41) is 2.26. The fourth-order valence-corrected chi connectivity index (χ4v) is 4.74. The number of nitrogens with two attached hydrogens (primary N) is 1. The molecule has 2 rings (SSSR count). The highest BCUT2D eigenvalue weighted by Gasteiger charge is 2.26. The Labute approximate surface area is 134 Å². The predicted molar refractivity (Wildman–Crippen MR) is 88.1 cm³/mol. The minimum absolute atomic E-state index is 0.0113. The van der Waals surface area contributed by atoms with Crippen LogP contribution in [0.4, 0.5) is 5.69 Å². The third kappa shape index (κ3) is 3.77. The van der Waals surface area contributed by atoms with Gasteiger partial charge >= 0.3 is 0 Å². The first-order chi connectivity index (χ1) is 9.81. The van der Waals surface area contributed by atoms with E-state index in [9.17, 15) is 8.42 Å². The molecule has 1 aromatic carbocycles. The number of nitrogens with one attached hydrogen (secondary N) is 1. The lowest BCUT2D eigenvalue weighted by atomic mass is 10.0. The Bertz CT molecular complexity index is 713. The van der Waals surface area contributed by atoms with Crippen molar-refractivity contribution in [2.75, 3.05) is 5.73 Å². The molecule has 1 unspecified atom stereocenters. The molecule has 0 radical (unpaired) electrons. The standard InChI is InChI=1S/C14H17ClN2O2S2/c1-9(2)14(12-4-3-7-20-12)17-21(18,19)13-8-10(15)5-6-11(13)16/h3-9,14,17H,16H2,1-2H3. The normalized spacial score (nSPS) is 13.5. The molecule has 7 heteroatoms. The molecule has 4 nitrogen and oxygen atoms in total. The zero-order valence-corrected chi connectivity index (χ0v) is 14.1. The van der Waals surface area contributed by atoms with E-state index < -0.39 is 10.0 Å². The second kappa shape index (κ2) is 6.36. The fourth-order valence-electron chi connectivity index (χ4n) is 1.96. The number of anilines is 1. The quantitative estimate of drug-likeness (QED) is 0.813. The minimum Gasteiger partial charge on any atom is -0.398 e. The number of hydrogen-bond acceptors (Lipinski definition) is 4. The van der Waals surface area contributed by atoms with Gasteiger partial charge in [0.1, 0.15) is 4.90 Å². The summed E-state index contributed by atoms with van der Waals surface area (Å²) in [6.07, 6.45) is 0. The van der Waals surface area contributed by atoms with E-state index in [1.54, 1.807) is 6.07 Å². The van der Waals surface area contributed by atoms with E-state index in [1.165, 1.54) is 23.5 Å². The van der Waals surface area contributed by atoms with Crippen molar-refractivity contribution in [3.05, 3.63) is 45.6 Å². The van der Waals surface area contributed by atoms with Crippen LogP contribution in [0, 0.1) is 5.92 Å². The number of hydrogen-bond donors (Lipinski definition) is 2. The molecule has 1 atom stereocenters. The van der Waals surface area contributed by atoms with E-state index in [4.69, 9.17) is 17.3 Å². The Morgan fingerprint density at radius 1 is 1.29 bits per heavy atom. The van der Waals surface area contributed by atoms with Gasteiger partial charge in [0.25, 0.3) is 0 Å². The zero-order chi connectivity index (χ0) is 15.6. The summed E-state index contributed by atoms with van der Waals surface area (Å²) in [6, 6.07) is 7.94. The Morgan fingerprint density at radius 2 is 2.00 bits per heavy atom. The van der Waals surface area contributed by atoms with E-state index in [0.717, 1.165) is 4.88 Å². The monoisotopic (exact) mass is 344 g/mol. The molecule has 1 heterocycles. The smallest absolute Gasteiger partial charge is 0.243 e. The molecule has 0 saturated carbocycles. The molecule has 21 heavy (non-hydrogen) atoms. The van der Waals surface area contributed by atoms with Crippen LogP contribution in [0.15, 0.2) is 40.6 Å². The van der Waals surface area contributed by atoms with Gasteiger partial charge in [0.05, 0.1) is 11.7 Å². The van der Waals surface area contributed by atoms with Gasteiger partial charge in [0.15, 0.2) is 0 Å². The Hall–Kier alpha value is -1.08. The summed E-state index contributed by atoms with van der Waals surface area (Å²) in [6.45, 7) is 3.93. The maximum absolute atomic E-state index is 12.6. The maximum atomic E-state index is 12.6. The molecule has 1 aromatic heterocycles. The van der Waals surface area contributed by atoms with Crippen LogP contribution in [0.2, 0.25) is 5.02 Å². The van der Waals surface area contributed by atoms with Crippen molar-refractivity contribution in [1.82, 2.24) is 4.72 Å². The first kappa shape index (κ1) is 16.3. The highest BCUT2D eigenvalue weighted by Crippen LogP contribution is 2.29. The van der Waals surface area contributed by atoms with Crippen LogP contribution in [0.5, 0.6) is 0 Å². The number of benzene rings is 1. The molecule has 0 spiro atoms. The van der Waals surface area contributed by atoms with Gasteiger partial charge in [-0.05, 0) is 35.6 Å². The van der Waals surface area contributed by atoms with Gasteiger partial charge in [-0.15, -0.1) is 11.3 Å². The Morgan fingerprint density at radius 3 is 2.57 bits per heavy atom. The van der Waals surface area contributed by atoms with Crippen molar-refractivity contribution in [3.8, 4) is 0 Å². The zero-order valence-electron chi connectivity index (χ0n) is 11.7. The van der Waals surface area contributed by atoms with E-state index in [0.29, 0.717) is 5.02 Å². The van der Waals surface area contributed by atoms with Gasteiger partial charge < -0.3 is 5.73 Å². The van der Waals surface area contributed by atoms with Crippen molar-refractivity contribution >= 4 is 38.6 Å². The highest BCUT2D eigenvalue weighted by atomic mass is 35.5. The van der Waals surface area contributed by atoms with E-state index in [-0.39, 0.29) is 22.5 Å². The van der Waals surface area contributed by atoms with Crippen molar-refractivity contribution in [2.24, 2.45) is 5.92 Å². The molecule has 3 N–H and O–H groups in total. The van der Waals surface area contributed by atoms with Gasteiger partial charge in [-0.3, -0.25) is 0 Å². The van der Waals surface area contributed by atoms with E-state index in [1.807, 2.05) is 31.4 Å². The molecule has 0 fully saturated rings. The average Bonchev–Trinajstić information content (AvgIpc) is 2.92. The summed E-state index contributed by atoms with van der Waals surface area (Å²) in [5.41, 5.74) is 5.95. The molecule has 0 aliphatic carbocycles. The summed E-state index contributed by atoms with van der Waals surface area (Å²) < 4.78 is 27.9. The lowest BCUT2D eigenvalue weighted by Crippen LogP contribution is -2.31. The van der Waals surface area contributed by atoms with E-state index in [2.05, 4.69) is 4.72 Å². The lowest BCUT2D eigenvalue weighted by molar-refractivity contribution is 0.469. The third-order valence-electron chi connectivity index (χ3n) is 3.06.